The van der Waals surface area contributed by atoms with Crippen LogP contribution in [0.5, 0.6) is 0 Å². The zero-order valence-electron chi connectivity index (χ0n) is 12.3. The molecule has 2 amide bonds. The normalized spacial score (nSPS) is 25.7. The second kappa shape index (κ2) is 5.89. The number of hydrogen-bond donors (Lipinski definition) is 2. The molecule has 2 N–H and O–H groups in total. The van der Waals surface area contributed by atoms with E-state index in [0.717, 1.165) is 32.6 Å². The van der Waals surface area contributed by atoms with Crippen LogP contribution in [-0.2, 0) is 4.79 Å². The number of piperidine rings is 1. The minimum absolute atomic E-state index is 0.0609. The van der Waals surface area contributed by atoms with Gasteiger partial charge in [-0.15, -0.1) is 0 Å². The second-order valence-corrected chi connectivity index (χ2v) is 6.01. The molecule has 2 aliphatic rings. The Morgan fingerprint density at radius 1 is 1.33 bits per heavy atom. The maximum absolute atomic E-state index is 12.4. The average molecular weight is 290 g/mol. The number of nitrogens with zero attached hydrogens (tertiary/aromatic N) is 2. The van der Waals surface area contributed by atoms with E-state index in [4.69, 9.17) is 0 Å². The van der Waals surface area contributed by atoms with Crippen molar-refractivity contribution in [2.75, 3.05) is 39.8 Å². The number of nitrogens with one attached hydrogen (secondary N) is 2. The highest BCUT2D eigenvalue weighted by Crippen LogP contribution is 2.31. The molecule has 0 radical (unpaired) electrons. The third kappa shape index (κ3) is 2.95. The number of carbonyl (C=O) groups excluding carboxylic acids is 2. The van der Waals surface area contributed by atoms with Gasteiger partial charge in [-0.3, -0.25) is 14.5 Å². The van der Waals surface area contributed by atoms with Crippen molar-refractivity contribution in [2.24, 2.45) is 11.8 Å². The van der Waals surface area contributed by atoms with Crippen LogP contribution in [0.1, 0.15) is 16.9 Å². The van der Waals surface area contributed by atoms with Crippen LogP contribution in [0.15, 0.2) is 18.3 Å². The van der Waals surface area contributed by atoms with E-state index in [-0.39, 0.29) is 11.8 Å². The summed E-state index contributed by atoms with van der Waals surface area (Å²) in [6.45, 7) is 3.96. The summed E-state index contributed by atoms with van der Waals surface area (Å²) in [6.07, 6.45) is 2.84. The molecule has 1 aromatic rings. The molecule has 6 heteroatoms. The first-order valence-electron chi connectivity index (χ1n) is 7.53. The molecule has 2 fully saturated rings. The Bertz CT molecular complexity index is 514. The standard InChI is InChI=1S/C15H22N4O2/c1-16-14(20)10-18-6-4-11-8-19(9-12(11)7-18)15(21)13-3-2-5-17-13/h2-3,5,11-12,17H,4,6-10H2,1H3,(H,16,20)/t11-,12+/m1/s1. The lowest BCUT2D eigenvalue weighted by Crippen LogP contribution is -2.44. The van der Waals surface area contributed by atoms with Crippen molar-refractivity contribution in [2.45, 2.75) is 6.42 Å². The van der Waals surface area contributed by atoms with E-state index < -0.39 is 0 Å². The number of fused-ring (bicyclic) bond motifs is 1. The Balaban J connectivity index is 1.59. The average Bonchev–Trinajstić information content (AvgIpc) is 3.15. The van der Waals surface area contributed by atoms with Crippen molar-refractivity contribution in [1.82, 2.24) is 20.1 Å². The van der Waals surface area contributed by atoms with Crippen molar-refractivity contribution in [1.29, 1.82) is 0 Å². The molecule has 2 aliphatic heterocycles. The minimum atomic E-state index is 0.0609. The van der Waals surface area contributed by atoms with Crippen molar-refractivity contribution in [3.63, 3.8) is 0 Å². The predicted molar refractivity (Wildman–Crippen MR) is 78.8 cm³/mol. The second-order valence-electron chi connectivity index (χ2n) is 6.01. The van der Waals surface area contributed by atoms with Crippen LogP contribution >= 0.6 is 0 Å². The van der Waals surface area contributed by atoms with Crippen LogP contribution in [0, 0.1) is 11.8 Å². The predicted octanol–water partition coefficient (Wildman–Crippen LogP) is 0.155. The Kier molecular flexibility index (Phi) is 3.96. The fraction of sp³-hybridized carbons (Fsp3) is 0.600. The lowest BCUT2D eigenvalue weighted by atomic mass is 9.89. The topological polar surface area (TPSA) is 68.4 Å². The molecular weight excluding hydrogens is 268 g/mol. The first-order chi connectivity index (χ1) is 10.2. The molecule has 1 aromatic heterocycles. The highest BCUT2D eigenvalue weighted by Gasteiger charge is 2.39. The third-order valence-electron chi connectivity index (χ3n) is 4.65. The van der Waals surface area contributed by atoms with Crippen molar-refractivity contribution in [3.8, 4) is 0 Å². The number of H-pyrrole nitrogens is 1. The van der Waals surface area contributed by atoms with Gasteiger partial charge in [-0.1, -0.05) is 0 Å². The van der Waals surface area contributed by atoms with Crippen LogP contribution in [0.4, 0.5) is 0 Å². The molecule has 0 spiro atoms. The number of likely N-dealkylation sites (tertiary alicyclic amines) is 2. The number of rotatable bonds is 3. The maximum Gasteiger partial charge on any atom is 0.270 e. The van der Waals surface area contributed by atoms with Gasteiger partial charge in [-0.25, -0.2) is 0 Å². The molecule has 2 atom stereocenters. The number of aromatic amines is 1. The van der Waals surface area contributed by atoms with Gasteiger partial charge in [0, 0.05) is 32.9 Å². The first-order valence-corrected chi connectivity index (χ1v) is 7.53. The smallest absolute Gasteiger partial charge is 0.270 e. The summed E-state index contributed by atoms with van der Waals surface area (Å²) in [6, 6.07) is 3.67. The molecule has 0 unspecified atom stereocenters. The summed E-state index contributed by atoms with van der Waals surface area (Å²) >= 11 is 0. The molecule has 2 saturated heterocycles. The molecular formula is C15H22N4O2. The first kappa shape index (κ1) is 14.1. The van der Waals surface area contributed by atoms with Crippen LogP contribution in [0.2, 0.25) is 0 Å². The van der Waals surface area contributed by atoms with Gasteiger partial charge in [0.2, 0.25) is 5.91 Å². The number of aromatic nitrogens is 1. The summed E-state index contributed by atoms with van der Waals surface area (Å²) in [4.78, 5) is 31.0. The van der Waals surface area contributed by atoms with E-state index in [1.54, 1.807) is 13.2 Å². The summed E-state index contributed by atoms with van der Waals surface area (Å²) in [5, 5.41) is 2.67. The molecule has 3 rings (SSSR count). The minimum Gasteiger partial charge on any atom is -0.358 e. The van der Waals surface area contributed by atoms with Gasteiger partial charge in [-0.05, 0) is 36.9 Å². The van der Waals surface area contributed by atoms with Gasteiger partial charge in [0.1, 0.15) is 5.69 Å². The molecule has 3 heterocycles. The van der Waals surface area contributed by atoms with Gasteiger partial charge in [-0.2, -0.15) is 0 Å². The molecule has 114 valence electrons. The third-order valence-corrected chi connectivity index (χ3v) is 4.65. The molecule has 0 aromatic carbocycles. The van der Waals surface area contributed by atoms with Crippen LogP contribution in [0.3, 0.4) is 0 Å². The van der Waals surface area contributed by atoms with Crippen molar-refractivity contribution < 1.29 is 9.59 Å². The fourth-order valence-electron chi connectivity index (χ4n) is 3.47. The highest BCUT2D eigenvalue weighted by atomic mass is 16.2. The Morgan fingerprint density at radius 3 is 2.86 bits per heavy atom. The largest absolute Gasteiger partial charge is 0.358 e. The fourth-order valence-corrected chi connectivity index (χ4v) is 3.47. The van der Waals surface area contributed by atoms with Gasteiger partial charge >= 0.3 is 0 Å². The van der Waals surface area contributed by atoms with E-state index in [1.165, 1.54) is 0 Å². The van der Waals surface area contributed by atoms with E-state index in [9.17, 15) is 9.59 Å². The summed E-state index contributed by atoms with van der Waals surface area (Å²) in [5.41, 5.74) is 0.663. The van der Waals surface area contributed by atoms with Crippen LogP contribution in [0.25, 0.3) is 0 Å². The van der Waals surface area contributed by atoms with Crippen molar-refractivity contribution in [3.05, 3.63) is 24.0 Å². The van der Waals surface area contributed by atoms with Crippen LogP contribution in [-0.4, -0.2) is 66.4 Å². The highest BCUT2D eigenvalue weighted by molar-refractivity contribution is 5.92. The quantitative estimate of drug-likeness (QED) is 0.833. The van der Waals surface area contributed by atoms with Gasteiger partial charge < -0.3 is 15.2 Å². The Labute approximate surface area is 124 Å². The molecule has 0 bridgehead atoms. The molecule has 0 saturated carbocycles. The van der Waals surface area contributed by atoms with Crippen molar-refractivity contribution >= 4 is 11.8 Å². The maximum atomic E-state index is 12.4. The molecule has 6 nitrogen and oxygen atoms in total. The summed E-state index contributed by atoms with van der Waals surface area (Å²) < 4.78 is 0. The van der Waals surface area contributed by atoms with Gasteiger partial charge in [0.15, 0.2) is 0 Å². The number of amides is 2. The van der Waals surface area contributed by atoms with E-state index >= 15 is 0 Å². The SMILES string of the molecule is CNC(=O)CN1CC[C@@H]2CN(C(=O)c3ccc[nH]3)C[C@@H]2C1. The Hall–Kier alpha value is -1.82. The summed E-state index contributed by atoms with van der Waals surface area (Å²) in [7, 11) is 1.67. The van der Waals surface area contributed by atoms with E-state index in [1.807, 2.05) is 17.0 Å². The lowest BCUT2D eigenvalue weighted by molar-refractivity contribution is -0.122. The molecule has 0 aliphatic carbocycles. The van der Waals surface area contributed by atoms with Gasteiger partial charge in [0.05, 0.1) is 6.54 Å². The number of likely N-dealkylation sites (N-methyl/N-ethyl adjacent to an activating group) is 1. The van der Waals surface area contributed by atoms with Crippen LogP contribution < -0.4 is 5.32 Å². The number of carbonyl (C=O) groups is 2. The van der Waals surface area contributed by atoms with E-state index in [2.05, 4.69) is 15.2 Å². The monoisotopic (exact) mass is 290 g/mol. The lowest BCUT2D eigenvalue weighted by Gasteiger charge is -2.33. The van der Waals surface area contributed by atoms with Gasteiger partial charge in [0.25, 0.3) is 5.91 Å². The summed E-state index contributed by atoms with van der Waals surface area (Å²) in [5.74, 6) is 1.21. The Morgan fingerprint density at radius 2 is 2.14 bits per heavy atom. The zero-order chi connectivity index (χ0) is 14.8. The molecule has 21 heavy (non-hydrogen) atoms. The number of hydrogen-bond acceptors (Lipinski definition) is 3. The van der Waals surface area contributed by atoms with E-state index in [0.29, 0.717) is 24.1 Å². The zero-order valence-corrected chi connectivity index (χ0v) is 12.3.